The zero-order valence-corrected chi connectivity index (χ0v) is 15.1. The average Bonchev–Trinajstić information content (AvgIpc) is 3.09. The minimum atomic E-state index is -0.0936. The van der Waals surface area contributed by atoms with E-state index in [0.29, 0.717) is 6.54 Å². The maximum absolute atomic E-state index is 12.1. The van der Waals surface area contributed by atoms with Crippen LogP contribution in [0.3, 0.4) is 0 Å². The van der Waals surface area contributed by atoms with Crippen molar-refractivity contribution in [1.82, 2.24) is 10.6 Å². The van der Waals surface area contributed by atoms with Crippen molar-refractivity contribution in [2.45, 2.75) is 19.5 Å². The van der Waals surface area contributed by atoms with Crippen LogP contribution in [0.1, 0.15) is 11.1 Å². The summed E-state index contributed by atoms with van der Waals surface area (Å²) in [6.45, 7) is 2.49. The second-order valence-corrected chi connectivity index (χ2v) is 6.55. The fraction of sp³-hybridized carbons (Fsp3) is 0.278. The van der Waals surface area contributed by atoms with E-state index in [-0.39, 0.29) is 24.4 Å². The number of carbonyl (C=O) groups is 1. The van der Waals surface area contributed by atoms with Crippen LogP contribution in [-0.4, -0.2) is 23.6 Å². The van der Waals surface area contributed by atoms with Gasteiger partial charge in [-0.05, 0) is 30.7 Å². The maximum atomic E-state index is 12.1. The van der Waals surface area contributed by atoms with Gasteiger partial charge in [0.15, 0.2) is 0 Å². The molecule has 1 unspecified atom stereocenters. The van der Waals surface area contributed by atoms with Gasteiger partial charge in [0.25, 0.3) is 0 Å². The standard InChI is InChI=1S/C18H20N2O2S.ClH/c1-13-7-8-14(10-19-18(21)16-11-23-12-20-16)17(9-13)22-15-5-3-2-4-6-15;/h2-9,16,20H,10-12H2,1H3,(H,19,21);1H. The number of aryl methyl sites for hydroxylation is 1. The molecule has 1 aliphatic heterocycles. The number of benzene rings is 2. The van der Waals surface area contributed by atoms with Crippen LogP contribution in [0.25, 0.3) is 0 Å². The number of rotatable bonds is 5. The smallest absolute Gasteiger partial charge is 0.238 e. The van der Waals surface area contributed by atoms with E-state index in [0.717, 1.165) is 34.3 Å². The molecule has 0 aromatic heterocycles. The third-order valence-electron chi connectivity index (χ3n) is 3.68. The summed E-state index contributed by atoms with van der Waals surface area (Å²) in [5.74, 6) is 3.28. The molecule has 0 spiro atoms. The molecule has 2 N–H and O–H groups in total. The van der Waals surface area contributed by atoms with Crippen LogP contribution < -0.4 is 15.4 Å². The van der Waals surface area contributed by atoms with Crippen LogP contribution in [-0.2, 0) is 11.3 Å². The first-order valence-electron chi connectivity index (χ1n) is 7.63. The number of hydrogen-bond donors (Lipinski definition) is 2. The van der Waals surface area contributed by atoms with Gasteiger partial charge in [-0.15, -0.1) is 24.2 Å². The van der Waals surface area contributed by atoms with Crippen LogP contribution in [0, 0.1) is 6.92 Å². The molecule has 0 saturated carbocycles. The minimum absolute atomic E-state index is 0. The van der Waals surface area contributed by atoms with E-state index in [1.165, 1.54) is 0 Å². The number of halogens is 1. The Morgan fingerprint density at radius 1 is 1.29 bits per heavy atom. The summed E-state index contributed by atoms with van der Waals surface area (Å²) in [5.41, 5.74) is 2.10. The van der Waals surface area contributed by atoms with Crippen LogP contribution in [0.5, 0.6) is 11.5 Å². The van der Waals surface area contributed by atoms with Crippen molar-refractivity contribution >= 4 is 30.1 Å². The summed E-state index contributed by atoms with van der Waals surface area (Å²) in [6.07, 6.45) is 0. The molecule has 1 heterocycles. The number of ether oxygens (including phenoxy) is 1. The minimum Gasteiger partial charge on any atom is -0.457 e. The molecule has 1 atom stereocenters. The topological polar surface area (TPSA) is 50.4 Å². The van der Waals surface area contributed by atoms with Crippen molar-refractivity contribution in [1.29, 1.82) is 0 Å². The van der Waals surface area contributed by atoms with E-state index in [1.807, 2.05) is 55.5 Å². The maximum Gasteiger partial charge on any atom is 0.238 e. The van der Waals surface area contributed by atoms with Gasteiger partial charge in [0.1, 0.15) is 11.5 Å². The van der Waals surface area contributed by atoms with Crippen molar-refractivity contribution in [3.05, 3.63) is 59.7 Å². The lowest BCUT2D eigenvalue weighted by molar-refractivity contribution is -0.122. The average molecular weight is 365 g/mol. The lowest BCUT2D eigenvalue weighted by Crippen LogP contribution is -2.41. The molecular formula is C18H21ClN2O2S. The van der Waals surface area contributed by atoms with Gasteiger partial charge >= 0.3 is 0 Å². The van der Waals surface area contributed by atoms with E-state index in [2.05, 4.69) is 10.6 Å². The first kappa shape index (κ1) is 18.6. The van der Waals surface area contributed by atoms with E-state index in [1.54, 1.807) is 11.8 Å². The second-order valence-electron chi connectivity index (χ2n) is 5.52. The molecule has 1 amide bonds. The van der Waals surface area contributed by atoms with Crippen LogP contribution in [0.4, 0.5) is 0 Å². The Bertz CT molecular complexity index is 676. The van der Waals surface area contributed by atoms with Crippen molar-refractivity contribution in [3.63, 3.8) is 0 Å². The molecule has 6 heteroatoms. The van der Waals surface area contributed by atoms with Gasteiger partial charge in [-0.25, -0.2) is 0 Å². The van der Waals surface area contributed by atoms with Gasteiger partial charge in [-0.1, -0.05) is 30.3 Å². The number of carbonyl (C=O) groups excluding carboxylic acids is 1. The van der Waals surface area contributed by atoms with Gasteiger partial charge in [0.2, 0.25) is 5.91 Å². The largest absolute Gasteiger partial charge is 0.457 e. The van der Waals surface area contributed by atoms with Crippen molar-refractivity contribution in [2.24, 2.45) is 0 Å². The zero-order chi connectivity index (χ0) is 16.1. The van der Waals surface area contributed by atoms with E-state index in [9.17, 15) is 4.79 Å². The van der Waals surface area contributed by atoms with Crippen molar-refractivity contribution in [3.8, 4) is 11.5 Å². The normalized spacial score (nSPS) is 16.3. The lowest BCUT2D eigenvalue weighted by atomic mass is 10.1. The Morgan fingerprint density at radius 2 is 2.08 bits per heavy atom. The van der Waals surface area contributed by atoms with Gasteiger partial charge in [-0.3, -0.25) is 10.1 Å². The highest BCUT2D eigenvalue weighted by Gasteiger charge is 2.22. The third kappa shape index (κ3) is 4.90. The molecular weight excluding hydrogens is 344 g/mol. The number of hydrogen-bond acceptors (Lipinski definition) is 4. The quantitative estimate of drug-likeness (QED) is 0.852. The third-order valence-corrected chi connectivity index (χ3v) is 4.62. The summed E-state index contributed by atoms with van der Waals surface area (Å²) < 4.78 is 5.98. The Balaban J connectivity index is 0.00000208. The molecule has 4 nitrogen and oxygen atoms in total. The van der Waals surface area contributed by atoms with Crippen LogP contribution in [0.15, 0.2) is 48.5 Å². The molecule has 0 bridgehead atoms. The molecule has 24 heavy (non-hydrogen) atoms. The Kier molecular flexibility index (Phi) is 6.97. The molecule has 1 fully saturated rings. The molecule has 1 aliphatic rings. The summed E-state index contributed by atoms with van der Waals surface area (Å²) in [5, 5.41) is 6.17. The lowest BCUT2D eigenvalue weighted by Gasteiger charge is -2.14. The van der Waals surface area contributed by atoms with Crippen molar-refractivity contribution in [2.75, 3.05) is 11.6 Å². The molecule has 1 saturated heterocycles. The molecule has 0 aliphatic carbocycles. The number of nitrogens with one attached hydrogen (secondary N) is 2. The number of para-hydroxylation sites is 1. The van der Waals surface area contributed by atoms with Gasteiger partial charge < -0.3 is 10.1 Å². The van der Waals surface area contributed by atoms with Gasteiger partial charge in [0, 0.05) is 23.7 Å². The zero-order valence-electron chi connectivity index (χ0n) is 13.5. The monoisotopic (exact) mass is 364 g/mol. The Hall–Kier alpha value is -1.69. The highest BCUT2D eigenvalue weighted by Crippen LogP contribution is 2.26. The molecule has 2 aromatic carbocycles. The molecule has 3 rings (SSSR count). The summed E-state index contributed by atoms with van der Waals surface area (Å²) in [4.78, 5) is 12.1. The molecule has 2 aromatic rings. The highest BCUT2D eigenvalue weighted by atomic mass is 35.5. The van der Waals surface area contributed by atoms with E-state index in [4.69, 9.17) is 4.74 Å². The predicted molar refractivity (Wildman–Crippen MR) is 101 cm³/mol. The van der Waals surface area contributed by atoms with Crippen LogP contribution >= 0.6 is 24.2 Å². The first-order chi connectivity index (χ1) is 11.2. The number of amides is 1. The number of thioether (sulfide) groups is 1. The Labute approximate surface area is 152 Å². The summed E-state index contributed by atoms with van der Waals surface area (Å²) in [7, 11) is 0. The van der Waals surface area contributed by atoms with Crippen molar-refractivity contribution < 1.29 is 9.53 Å². The first-order valence-corrected chi connectivity index (χ1v) is 8.79. The van der Waals surface area contributed by atoms with Gasteiger partial charge in [-0.2, -0.15) is 0 Å². The van der Waals surface area contributed by atoms with E-state index >= 15 is 0 Å². The second kappa shape index (κ2) is 8.97. The van der Waals surface area contributed by atoms with E-state index < -0.39 is 0 Å². The summed E-state index contributed by atoms with van der Waals surface area (Å²) >= 11 is 1.74. The highest BCUT2D eigenvalue weighted by molar-refractivity contribution is 7.99. The van der Waals surface area contributed by atoms with Gasteiger partial charge in [0.05, 0.1) is 6.04 Å². The van der Waals surface area contributed by atoms with Crippen LogP contribution in [0.2, 0.25) is 0 Å². The fourth-order valence-corrected chi connectivity index (χ4v) is 3.33. The fourth-order valence-electron chi connectivity index (χ4n) is 2.39. The Morgan fingerprint density at radius 3 is 2.79 bits per heavy atom. The predicted octanol–water partition coefficient (Wildman–Crippen LogP) is 3.49. The molecule has 128 valence electrons. The summed E-state index contributed by atoms with van der Waals surface area (Å²) in [6, 6.07) is 15.6. The SMILES string of the molecule is Cc1ccc(CNC(=O)C2CSCN2)c(Oc2ccccc2)c1.Cl. The molecule has 0 radical (unpaired) electrons.